The van der Waals surface area contributed by atoms with Gasteiger partial charge in [0.1, 0.15) is 0 Å². The van der Waals surface area contributed by atoms with Crippen LogP contribution in [0, 0.1) is 0 Å². The first-order chi connectivity index (χ1) is 17.2. The third-order valence-corrected chi connectivity index (χ3v) is 4.40. The molecule has 0 aliphatic rings. The van der Waals surface area contributed by atoms with Crippen LogP contribution in [-0.4, -0.2) is 78.1 Å². The molecular formula is C13HF27O. The van der Waals surface area contributed by atoms with Gasteiger partial charge in [0.05, 0.1) is 0 Å². The van der Waals surface area contributed by atoms with E-state index in [9.17, 15) is 119 Å². The van der Waals surface area contributed by atoms with Gasteiger partial charge in [0, 0.05) is 0 Å². The summed E-state index contributed by atoms with van der Waals surface area (Å²) in [5.74, 6) is -80.2. The molecule has 0 aromatic rings. The van der Waals surface area contributed by atoms with Crippen molar-refractivity contribution in [1.29, 1.82) is 0 Å². The van der Waals surface area contributed by atoms with Crippen molar-refractivity contribution in [2.45, 2.75) is 78.1 Å². The Balaban J connectivity index is 7.01. The number of halogens is 27. The van der Waals surface area contributed by atoms with Gasteiger partial charge in [0.2, 0.25) is 0 Å². The molecule has 0 rings (SSSR count). The summed E-state index contributed by atoms with van der Waals surface area (Å²) >= 11 is 0. The molecule has 0 heterocycles. The van der Waals surface area contributed by atoms with Gasteiger partial charge < -0.3 is 0 Å². The summed E-state index contributed by atoms with van der Waals surface area (Å²) in [6, 6.07) is 0. The summed E-state index contributed by atoms with van der Waals surface area (Å²) in [6.45, 7) is 0. The van der Waals surface area contributed by atoms with Gasteiger partial charge in [-0.15, -0.1) is 0 Å². The Bertz CT molecular complexity index is 937. The van der Waals surface area contributed by atoms with Crippen molar-refractivity contribution in [3.05, 3.63) is 0 Å². The molecule has 0 aliphatic heterocycles. The van der Waals surface area contributed by atoms with Crippen LogP contribution in [-0.2, 0) is 4.74 Å². The third kappa shape index (κ3) is 4.95. The molecule has 0 radical (unpaired) electrons. The quantitative estimate of drug-likeness (QED) is 0.187. The van der Waals surface area contributed by atoms with E-state index < -0.39 is 78.1 Å². The summed E-state index contributed by atoms with van der Waals surface area (Å²) in [5.41, 5.74) is 0. The van der Waals surface area contributed by atoms with E-state index >= 15 is 0 Å². The molecule has 1 nitrogen and oxygen atoms in total. The predicted molar refractivity (Wildman–Crippen MR) is 67.6 cm³/mol. The number of hydrogen-bond donors (Lipinski definition) is 0. The zero-order chi connectivity index (χ0) is 34.3. The molecule has 0 bridgehead atoms. The minimum Gasteiger partial charge on any atom is -0.245 e. The highest BCUT2D eigenvalue weighted by Gasteiger charge is 2.96. The maximum atomic E-state index is 13.4. The van der Waals surface area contributed by atoms with Crippen molar-refractivity contribution in [1.82, 2.24) is 0 Å². The Morgan fingerprint density at radius 3 is 0.756 bits per heavy atom. The van der Waals surface area contributed by atoms with Crippen molar-refractivity contribution < 1.29 is 123 Å². The maximum absolute atomic E-state index is 13.4. The Morgan fingerprint density at radius 2 is 0.512 bits per heavy atom. The molecular weight excluding hydrogens is 685 g/mol. The van der Waals surface area contributed by atoms with E-state index in [1.54, 1.807) is 0 Å². The van der Waals surface area contributed by atoms with E-state index in [0.717, 1.165) is 4.74 Å². The van der Waals surface area contributed by atoms with Crippen LogP contribution in [0.4, 0.5) is 119 Å². The summed E-state index contributed by atoms with van der Waals surface area (Å²) in [4.78, 5) is 0. The fourth-order valence-corrected chi connectivity index (χ4v) is 1.97. The van der Waals surface area contributed by atoms with Crippen molar-refractivity contribution in [3.8, 4) is 0 Å². The Morgan fingerprint density at radius 1 is 0.293 bits per heavy atom. The second-order valence-electron chi connectivity index (χ2n) is 7.15. The number of rotatable bonds is 12. The lowest BCUT2D eigenvalue weighted by Crippen LogP contribution is -2.75. The molecule has 0 aromatic heterocycles. The number of hydrogen-bond acceptors (Lipinski definition) is 1. The standard InChI is InChI=1S/C13HF27O/c14-1(15)2(16,17)3(18,19)9(30,31)12(37,38)41-13(39,40)10(32,33)7(26,27)5(22,23)4(20,21)6(24,25)8(28,29)11(34,35)36/h1H. The van der Waals surface area contributed by atoms with Crippen molar-refractivity contribution in [2.75, 3.05) is 0 Å². The van der Waals surface area contributed by atoms with E-state index in [-0.39, 0.29) is 0 Å². The lowest BCUT2D eigenvalue weighted by Gasteiger charge is -2.43. The topological polar surface area (TPSA) is 9.23 Å². The minimum absolute atomic E-state index is 0.719. The molecule has 0 saturated heterocycles. The summed E-state index contributed by atoms with van der Waals surface area (Å²) in [7, 11) is 0. The maximum Gasteiger partial charge on any atom is 0.460 e. The Kier molecular flexibility index (Phi) is 9.09. The van der Waals surface area contributed by atoms with E-state index in [0.29, 0.717) is 0 Å². The number of alkyl halides is 27. The zero-order valence-corrected chi connectivity index (χ0v) is 17.2. The first kappa shape index (κ1) is 39.1. The SMILES string of the molecule is FC(F)C(F)(F)C(F)(F)C(F)(F)C(F)(F)OC(F)(F)C(F)(F)C(F)(F)C(F)(F)C(F)(F)C(F)(F)C(F)(F)C(F)(F)F. The summed E-state index contributed by atoms with van der Waals surface area (Å²) < 4.78 is 348. The molecule has 0 spiro atoms. The second kappa shape index (κ2) is 9.54. The van der Waals surface area contributed by atoms with Crippen LogP contribution in [0.3, 0.4) is 0 Å². The van der Waals surface area contributed by atoms with Crippen LogP contribution in [0.15, 0.2) is 0 Å². The van der Waals surface area contributed by atoms with Crippen LogP contribution in [0.2, 0.25) is 0 Å². The van der Waals surface area contributed by atoms with Gasteiger partial charge in [-0.1, -0.05) is 0 Å². The van der Waals surface area contributed by atoms with Gasteiger partial charge in [0.25, 0.3) is 0 Å². The van der Waals surface area contributed by atoms with Crippen LogP contribution < -0.4 is 0 Å². The van der Waals surface area contributed by atoms with Gasteiger partial charge in [0.15, 0.2) is 0 Å². The Labute approximate surface area is 203 Å². The fourth-order valence-electron chi connectivity index (χ4n) is 1.97. The third-order valence-electron chi connectivity index (χ3n) is 4.40. The van der Waals surface area contributed by atoms with Crippen LogP contribution >= 0.6 is 0 Å². The average Bonchev–Trinajstić information content (AvgIpc) is 2.70. The zero-order valence-electron chi connectivity index (χ0n) is 17.2. The van der Waals surface area contributed by atoms with E-state index in [4.69, 9.17) is 0 Å². The molecule has 248 valence electrons. The van der Waals surface area contributed by atoms with Crippen LogP contribution in [0.1, 0.15) is 0 Å². The summed E-state index contributed by atoms with van der Waals surface area (Å²) in [6.07, 6.45) is -31.9. The molecule has 28 heteroatoms. The minimum atomic E-state index is -9.45. The summed E-state index contributed by atoms with van der Waals surface area (Å²) in [5, 5.41) is 0. The van der Waals surface area contributed by atoms with Crippen LogP contribution in [0.5, 0.6) is 0 Å². The first-order valence-corrected chi connectivity index (χ1v) is 8.36. The van der Waals surface area contributed by atoms with Gasteiger partial charge >= 0.3 is 78.1 Å². The van der Waals surface area contributed by atoms with Gasteiger partial charge in [-0.25, -0.2) is 13.5 Å². The molecule has 41 heavy (non-hydrogen) atoms. The fraction of sp³-hybridized carbons (Fsp3) is 1.00. The highest BCUT2D eigenvalue weighted by atomic mass is 19.4. The molecule has 0 unspecified atom stereocenters. The largest absolute Gasteiger partial charge is 0.460 e. The van der Waals surface area contributed by atoms with Gasteiger partial charge in [-0.05, 0) is 0 Å². The monoisotopic (exact) mass is 686 g/mol. The molecule has 0 saturated carbocycles. The molecule has 0 fully saturated rings. The second-order valence-corrected chi connectivity index (χ2v) is 7.15. The van der Waals surface area contributed by atoms with Crippen molar-refractivity contribution >= 4 is 0 Å². The van der Waals surface area contributed by atoms with Crippen molar-refractivity contribution in [3.63, 3.8) is 0 Å². The van der Waals surface area contributed by atoms with Gasteiger partial charge in [-0.2, -0.15) is 110 Å². The van der Waals surface area contributed by atoms with Crippen molar-refractivity contribution in [2.24, 2.45) is 0 Å². The molecule has 0 atom stereocenters. The molecule has 0 N–H and O–H groups in total. The number of ether oxygens (including phenoxy) is 1. The van der Waals surface area contributed by atoms with E-state index in [1.165, 1.54) is 0 Å². The molecule has 0 amide bonds. The first-order valence-electron chi connectivity index (χ1n) is 8.36. The van der Waals surface area contributed by atoms with E-state index in [2.05, 4.69) is 0 Å². The molecule has 0 aliphatic carbocycles. The predicted octanol–water partition coefficient (Wildman–Crippen LogP) is 8.73. The highest BCUT2D eigenvalue weighted by Crippen LogP contribution is 2.65. The van der Waals surface area contributed by atoms with E-state index in [1.807, 2.05) is 0 Å². The highest BCUT2D eigenvalue weighted by molar-refractivity contribution is 5.14. The average molecular weight is 686 g/mol. The lowest BCUT2D eigenvalue weighted by atomic mass is 9.90. The molecule has 0 aromatic carbocycles. The smallest absolute Gasteiger partial charge is 0.245 e. The Hall–Kier alpha value is -1.93. The van der Waals surface area contributed by atoms with Crippen LogP contribution in [0.25, 0.3) is 0 Å². The normalized spacial score (nSPS) is 17.0. The van der Waals surface area contributed by atoms with Gasteiger partial charge in [-0.3, -0.25) is 0 Å². The lowest BCUT2D eigenvalue weighted by molar-refractivity contribution is -0.525.